The lowest BCUT2D eigenvalue weighted by molar-refractivity contribution is -0.138. The zero-order valence-electron chi connectivity index (χ0n) is 7.52. The molecule has 0 saturated heterocycles. The topological polar surface area (TPSA) is 33.1 Å². The van der Waals surface area contributed by atoms with Gasteiger partial charge in [-0.25, -0.2) is 13.8 Å². The van der Waals surface area contributed by atoms with Crippen molar-refractivity contribution in [2.75, 3.05) is 0 Å². The zero-order valence-corrected chi connectivity index (χ0v) is 9.11. The molecule has 1 aromatic heterocycles. The summed E-state index contributed by atoms with van der Waals surface area (Å²) in [5.41, 5.74) is -2.86. The van der Waals surface area contributed by atoms with Crippen molar-refractivity contribution in [2.45, 2.75) is 19.2 Å². The average molecular weight is 306 g/mol. The SMILES string of the molecule is OCc1c(C(F)(F)F)cc(C(F)F)nc1Br. The number of aromatic nitrogens is 1. The molecule has 0 atom stereocenters. The first-order chi connectivity index (χ1) is 7.27. The molecule has 1 rings (SSSR count). The van der Waals surface area contributed by atoms with Crippen LogP contribution in [0, 0.1) is 0 Å². The Hall–Kier alpha value is -0.760. The molecule has 2 nitrogen and oxygen atoms in total. The molecule has 0 spiro atoms. The Morgan fingerprint density at radius 1 is 1.38 bits per heavy atom. The van der Waals surface area contributed by atoms with Gasteiger partial charge >= 0.3 is 6.18 Å². The number of alkyl halides is 5. The Morgan fingerprint density at radius 2 is 1.94 bits per heavy atom. The van der Waals surface area contributed by atoms with Gasteiger partial charge in [-0.15, -0.1) is 0 Å². The van der Waals surface area contributed by atoms with Crippen LogP contribution in [-0.4, -0.2) is 10.1 Å². The van der Waals surface area contributed by atoms with E-state index in [1.165, 1.54) is 0 Å². The Labute approximate surface area is 95.2 Å². The molecule has 0 radical (unpaired) electrons. The maximum absolute atomic E-state index is 12.5. The van der Waals surface area contributed by atoms with Crippen LogP contribution in [0.4, 0.5) is 22.0 Å². The number of aliphatic hydroxyl groups excluding tert-OH is 1. The highest BCUT2D eigenvalue weighted by atomic mass is 79.9. The highest BCUT2D eigenvalue weighted by molar-refractivity contribution is 9.10. The van der Waals surface area contributed by atoms with Crippen molar-refractivity contribution in [1.29, 1.82) is 0 Å². The lowest BCUT2D eigenvalue weighted by atomic mass is 10.1. The van der Waals surface area contributed by atoms with Gasteiger partial charge in [0.05, 0.1) is 12.2 Å². The summed E-state index contributed by atoms with van der Waals surface area (Å²) in [5, 5.41) is 8.73. The predicted molar refractivity (Wildman–Crippen MR) is 47.8 cm³/mol. The molecule has 8 heteroatoms. The Kier molecular flexibility index (Phi) is 3.84. The van der Waals surface area contributed by atoms with E-state index in [1.54, 1.807) is 0 Å². The molecule has 0 bridgehead atoms. The van der Waals surface area contributed by atoms with Gasteiger partial charge in [0.2, 0.25) is 0 Å². The monoisotopic (exact) mass is 305 g/mol. The maximum atomic E-state index is 12.5. The number of aliphatic hydroxyl groups is 1. The third-order valence-electron chi connectivity index (χ3n) is 1.78. The summed E-state index contributed by atoms with van der Waals surface area (Å²) in [6.45, 7) is -0.939. The quantitative estimate of drug-likeness (QED) is 0.672. The fraction of sp³-hybridized carbons (Fsp3) is 0.375. The number of nitrogens with zero attached hydrogens (tertiary/aromatic N) is 1. The molecule has 0 aliphatic rings. The van der Waals surface area contributed by atoms with Gasteiger partial charge in [-0.3, -0.25) is 0 Å². The van der Waals surface area contributed by atoms with Crippen LogP contribution >= 0.6 is 15.9 Å². The predicted octanol–water partition coefficient (Wildman–Crippen LogP) is 3.29. The molecule has 16 heavy (non-hydrogen) atoms. The molecule has 0 aromatic carbocycles. The molecule has 0 aliphatic heterocycles. The summed E-state index contributed by atoms with van der Waals surface area (Å²) < 4.78 is 61.4. The van der Waals surface area contributed by atoms with E-state index in [9.17, 15) is 22.0 Å². The Bertz CT molecular complexity index is 393. The molecular formula is C8H5BrF5NO. The summed E-state index contributed by atoms with van der Waals surface area (Å²) in [5.74, 6) is 0. The Balaban J connectivity index is 3.43. The van der Waals surface area contributed by atoms with E-state index in [0.29, 0.717) is 0 Å². The maximum Gasteiger partial charge on any atom is 0.416 e. The van der Waals surface area contributed by atoms with Crippen LogP contribution in [0.1, 0.15) is 23.2 Å². The molecule has 0 unspecified atom stereocenters. The third kappa shape index (κ3) is 2.67. The van der Waals surface area contributed by atoms with Gasteiger partial charge in [-0.2, -0.15) is 13.2 Å². The fourth-order valence-electron chi connectivity index (χ4n) is 1.07. The first-order valence-corrected chi connectivity index (χ1v) is 4.72. The largest absolute Gasteiger partial charge is 0.416 e. The smallest absolute Gasteiger partial charge is 0.392 e. The zero-order chi connectivity index (χ0) is 12.5. The molecule has 0 fully saturated rings. The van der Waals surface area contributed by atoms with Crippen molar-refractivity contribution in [3.05, 3.63) is 27.5 Å². The van der Waals surface area contributed by atoms with Crippen LogP contribution in [0.3, 0.4) is 0 Å². The van der Waals surface area contributed by atoms with Crippen LogP contribution in [0.5, 0.6) is 0 Å². The summed E-state index contributed by atoms with van der Waals surface area (Å²) in [6.07, 6.45) is -7.92. The normalized spacial score (nSPS) is 12.2. The van der Waals surface area contributed by atoms with E-state index in [1.807, 2.05) is 0 Å². The number of hydrogen-bond donors (Lipinski definition) is 1. The van der Waals surface area contributed by atoms with Gasteiger partial charge in [-0.1, -0.05) is 0 Å². The van der Waals surface area contributed by atoms with Crippen LogP contribution in [-0.2, 0) is 12.8 Å². The molecule has 0 amide bonds. The number of pyridine rings is 1. The van der Waals surface area contributed by atoms with Gasteiger partial charge in [-0.05, 0) is 22.0 Å². The van der Waals surface area contributed by atoms with Gasteiger partial charge in [0.1, 0.15) is 10.3 Å². The van der Waals surface area contributed by atoms with Gasteiger partial charge in [0, 0.05) is 5.56 Å². The molecule has 1 N–H and O–H groups in total. The summed E-state index contributed by atoms with van der Waals surface area (Å²) in [7, 11) is 0. The molecule has 1 aromatic rings. The van der Waals surface area contributed by atoms with Crippen LogP contribution < -0.4 is 0 Å². The molecule has 90 valence electrons. The first kappa shape index (κ1) is 13.3. The summed E-state index contributed by atoms with van der Waals surface area (Å²) in [6, 6.07) is 0.237. The molecule has 0 saturated carbocycles. The van der Waals surface area contributed by atoms with Gasteiger partial charge in [0.25, 0.3) is 6.43 Å². The van der Waals surface area contributed by atoms with E-state index >= 15 is 0 Å². The summed E-state index contributed by atoms with van der Waals surface area (Å²) >= 11 is 2.61. The first-order valence-electron chi connectivity index (χ1n) is 3.93. The molecule has 0 aliphatic carbocycles. The molecular weight excluding hydrogens is 301 g/mol. The second-order valence-electron chi connectivity index (χ2n) is 2.82. The summed E-state index contributed by atoms with van der Waals surface area (Å²) in [4.78, 5) is 3.22. The minimum absolute atomic E-state index is 0.237. The second kappa shape index (κ2) is 4.62. The number of hydrogen-bond acceptors (Lipinski definition) is 2. The van der Waals surface area contributed by atoms with Crippen molar-refractivity contribution in [3.63, 3.8) is 0 Å². The third-order valence-corrected chi connectivity index (χ3v) is 2.44. The van der Waals surface area contributed by atoms with E-state index in [-0.39, 0.29) is 6.07 Å². The van der Waals surface area contributed by atoms with Crippen LogP contribution in [0.15, 0.2) is 10.7 Å². The lowest BCUT2D eigenvalue weighted by Gasteiger charge is -2.14. The van der Waals surface area contributed by atoms with Gasteiger partial charge in [0.15, 0.2) is 0 Å². The van der Waals surface area contributed by atoms with Crippen molar-refractivity contribution >= 4 is 15.9 Å². The van der Waals surface area contributed by atoms with Crippen molar-refractivity contribution < 1.29 is 27.1 Å². The number of halogens is 6. The van der Waals surface area contributed by atoms with Crippen LogP contribution in [0.25, 0.3) is 0 Å². The van der Waals surface area contributed by atoms with E-state index in [4.69, 9.17) is 5.11 Å². The number of rotatable bonds is 2. The highest BCUT2D eigenvalue weighted by Gasteiger charge is 2.35. The van der Waals surface area contributed by atoms with Crippen molar-refractivity contribution in [3.8, 4) is 0 Å². The van der Waals surface area contributed by atoms with E-state index in [2.05, 4.69) is 20.9 Å². The van der Waals surface area contributed by atoms with E-state index in [0.717, 1.165) is 0 Å². The minimum Gasteiger partial charge on any atom is -0.392 e. The van der Waals surface area contributed by atoms with Crippen LogP contribution in [0.2, 0.25) is 0 Å². The van der Waals surface area contributed by atoms with Gasteiger partial charge < -0.3 is 5.11 Å². The average Bonchev–Trinajstić information content (AvgIpc) is 2.14. The fourth-order valence-corrected chi connectivity index (χ4v) is 1.62. The second-order valence-corrected chi connectivity index (χ2v) is 3.57. The highest BCUT2D eigenvalue weighted by Crippen LogP contribution is 2.36. The minimum atomic E-state index is -4.81. The van der Waals surface area contributed by atoms with Crippen molar-refractivity contribution in [2.24, 2.45) is 0 Å². The standard InChI is InChI=1S/C8H5BrF5NO/c9-6-3(2-16)4(8(12,13)14)1-5(15-6)7(10)11/h1,7,16H,2H2. The van der Waals surface area contributed by atoms with E-state index < -0.39 is 40.6 Å². The van der Waals surface area contributed by atoms with Crippen molar-refractivity contribution in [1.82, 2.24) is 4.98 Å². The molecule has 1 heterocycles. The lowest BCUT2D eigenvalue weighted by Crippen LogP contribution is -2.12. The Morgan fingerprint density at radius 3 is 2.31 bits per heavy atom.